The Bertz CT molecular complexity index is 264. The molecule has 0 amide bonds. The van der Waals surface area contributed by atoms with Gasteiger partial charge < -0.3 is 5.32 Å². The molecule has 0 saturated heterocycles. The van der Waals surface area contributed by atoms with Crippen LogP contribution < -0.4 is 5.32 Å². The first-order valence-electron chi connectivity index (χ1n) is 4.09. The minimum absolute atomic E-state index is 0.888. The Morgan fingerprint density at radius 3 is 2.42 bits per heavy atom. The van der Waals surface area contributed by atoms with Crippen molar-refractivity contribution < 1.29 is 0 Å². The van der Waals surface area contributed by atoms with Crippen molar-refractivity contribution in [3.63, 3.8) is 0 Å². The molecule has 1 nitrogen and oxygen atoms in total. The van der Waals surface area contributed by atoms with Gasteiger partial charge in [0.05, 0.1) is 4.99 Å². The van der Waals surface area contributed by atoms with E-state index in [1.807, 2.05) is 19.1 Å². The molecule has 1 aromatic rings. The van der Waals surface area contributed by atoms with Crippen LogP contribution in [0.2, 0.25) is 0 Å². The summed E-state index contributed by atoms with van der Waals surface area (Å²) in [5.74, 6) is 0. The Morgan fingerprint density at radius 1 is 1.33 bits per heavy atom. The highest BCUT2D eigenvalue weighted by Crippen LogP contribution is 2.08. The summed E-state index contributed by atoms with van der Waals surface area (Å²) < 4.78 is 0. The standard InChI is InChI=1S/C10H13NS/c1-3-10(12)11-9-6-4-8(2)5-7-9/h4-7H,3H2,1-2H3,(H,11,12). The van der Waals surface area contributed by atoms with Gasteiger partial charge in [-0.2, -0.15) is 0 Å². The van der Waals surface area contributed by atoms with Crippen molar-refractivity contribution in [3.05, 3.63) is 29.8 Å². The lowest BCUT2D eigenvalue weighted by Gasteiger charge is -2.05. The predicted octanol–water partition coefficient (Wildman–Crippen LogP) is 3.14. The van der Waals surface area contributed by atoms with Gasteiger partial charge in [-0.25, -0.2) is 0 Å². The van der Waals surface area contributed by atoms with E-state index >= 15 is 0 Å². The van der Waals surface area contributed by atoms with E-state index in [-0.39, 0.29) is 0 Å². The van der Waals surface area contributed by atoms with Gasteiger partial charge in [-0.1, -0.05) is 36.8 Å². The average molecular weight is 179 g/mol. The smallest absolute Gasteiger partial charge is 0.0794 e. The van der Waals surface area contributed by atoms with E-state index in [4.69, 9.17) is 12.2 Å². The van der Waals surface area contributed by atoms with Gasteiger partial charge in [0.25, 0.3) is 0 Å². The first-order valence-corrected chi connectivity index (χ1v) is 4.49. The highest BCUT2D eigenvalue weighted by molar-refractivity contribution is 7.80. The van der Waals surface area contributed by atoms with Crippen molar-refractivity contribution in [2.75, 3.05) is 5.32 Å². The Kier molecular flexibility index (Phi) is 3.23. The van der Waals surface area contributed by atoms with Gasteiger partial charge in [0.2, 0.25) is 0 Å². The molecule has 12 heavy (non-hydrogen) atoms. The van der Waals surface area contributed by atoms with Crippen LogP contribution in [0.15, 0.2) is 24.3 Å². The quantitative estimate of drug-likeness (QED) is 0.700. The summed E-state index contributed by atoms with van der Waals surface area (Å²) in [5.41, 5.74) is 2.34. The third kappa shape index (κ3) is 2.62. The summed E-state index contributed by atoms with van der Waals surface area (Å²) in [4.78, 5) is 0.888. The lowest BCUT2D eigenvalue weighted by atomic mass is 10.2. The molecule has 0 aliphatic carbocycles. The van der Waals surface area contributed by atoms with Gasteiger partial charge in [-0.3, -0.25) is 0 Å². The molecule has 0 fully saturated rings. The molecule has 1 rings (SSSR count). The predicted molar refractivity (Wildman–Crippen MR) is 57.7 cm³/mol. The molecule has 0 saturated carbocycles. The summed E-state index contributed by atoms with van der Waals surface area (Å²) in [7, 11) is 0. The van der Waals surface area contributed by atoms with Crippen LogP contribution in [0.25, 0.3) is 0 Å². The van der Waals surface area contributed by atoms with Gasteiger partial charge in [0.1, 0.15) is 0 Å². The molecule has 0 aromatic heterocycles. The molecule has 2 heteroatoms. The normalized spacial score (nSPS) is 9.50. The molecule has 64 valence electrons. The van der Waals surface area contributed by atoms with Crippen LogP contribution in [0, 0.1) is 6.92 Å². The highest BCUT2D eigenvalue weighted by Gasteiger charge is 1.93. The summed E-state index contributed by atoms with van der Waals surface area (Å²) in [6.07, 6.45) is 0.892. The molecule has 0 bridgehead atoms. The average Bonchev–Trinajstić information content (AvgIpc) is 2.09. The molecule has 0 radical (unpaired) electrons. The third-order valence-corrected chi connectivity index (χ3v) is 2.05. The minimum Gasteiger partial charge on any atom is -0.350 e. The third-order valence-electron chi connectivity index (χ3n) is 1.66. The van der Waals surface area contributed by atoms with E-state index in [1.165, 1.54) is 5.56 Å². The van der Waals surface area contributed by atoms with Crippen LogP contribution in [-0.4, -0.2) is 4.99 Å². The number of benzene rings is 1. The van der Waals surface area contributed by atoms with E-state index in [2.05, 4.69) is 24.4 Å². The molecular formula is C10H13NS. The summed E-state index contributed by atoms with van der Waals surface area (Å²) in [6.45, 7) is 4.12. The second kappa shape index (κ2) is 4.21. The molecule has 0 unspecified atom stereocenters. The number of nitrogens with one attached hydrogen (secondary N) is 1. The molecule has 0 aliphatic heterocycles. The summed E-state index contributed by atoms with van der Waals surface area (Å²) in [6, 6.07) is 8.22. The van der Waals surface area contributed by atoms with Crippen molar-refractivity contribution in [2.45, 2.75) is 20.3 Å². The Labute approximate surface area is 78.8 Å². The van der Waals surface area contributed by atoms with E-state index in [0.29, 0.717) is 0 Å². The summed E-state index contributed by atoms with van der Waals surface area (Å²) >= 11 is 5.06. The Morgan fingerprint density at radius 2 is 1.92 bits per heavy atom. The molecule has 0 heterocycles. The molecule has 0 aliphatic rings. The van der Waals surface area contributed by atoms with Crippen LogP contribution >= 0.6 is 12.2 Å². The van der Waals surface area contributed by atoms with Crippen molar-refractivity contribution in [1.29, 1.82) is 0 Å². The zero-order chi connectivity index (χ0) is 8.97. The highest BCUT2D eigenvalue weighted by atomic mass is 32.1. The zero-order valence-corrected chi connectivity index (χ0v) is 8.24. The second-order valence-electron chi connectivity index (χ2n) is 2.77. The van der Waals surface area contributed by atoms with Crippen LogP contribution in [0.1, 0.15) is 18.9 Å². The largest absolute Gasteiger partial charge is 0.350 e. The fraction of sp³-hybridized carbons (Fsp3) is 0.300. The lowest BCUT2D eigenvalue weighted by Crippen LogP contribution is -2.06. The summed E-state index contributed by atoms with van der Waals surface area (Å²) in [5, 5.41) is 3.15. The van der Waals surface area contributed by atoms with Gasteiger partial charge in [0.15, 0.2) is 0 Å². The van der Waals surface area contributed by atoms with E-state index < -0.39 is 0 Å². The van der Waals surface area contributed by atoms with E-state index in [9.17, 15) is 0 Å². The van der Waals surface area contributed by atoms with Crippen LogP contribution in [-0.2, 0) is 0 Å². The number of anilines is 1. The molecule has 0 spiro atoms. The molecular weight excluding hydrogens is 166 g/mol. The second-order valence-corrected chi connectivity index (χ2v) is 3.26. The van der Waals surface area contributed by atoms with Gasteiger partial charge in [-0.15, -0.1) is 0 Å². The maximum atomic E-state index is 5.06. The number of hydrogen-bond donors (Lipinski definition) is 1. The monoisotopic (exact) mass is 179 g/mol. The van der Waals surface area contributed by atoms with Crippen molar-refractivity contribution in [3.8, 4) is 0 Å². The number of aryl methyl sites for hydroxylation is 1. The first kappa shape index (κ1) is 9.20. The topological polar surface area (TPSA) is 12.0 Å². The Balaban J connectivity index is 2.64. The van der Waals surface area contributed by atoms with Gasteiger partial charge in [0, 0.05) is 5.69 Å². The fourth-order valence-corrected chi connectivity index (χ4v) is 1.00. The van der Waals surface area contributed by atoms with E-state index in [1.54, 1.807) is 0 Å². The van der Waals surface area contributed by atoms with Gasteiger partial charge in [-0.05, 0) is 25.5 Å². The van der Waals surface area contributed by atoms with Crippen molar-refractivity contribution in [2.24, 2.45) is 0 Å². The van der Waals surface area contributed by atoms with E-state index in [0.717, 1.165) is 17.1 Å². The lowest BCUT2D eigenvalue weighted by molar-refractivity contribution is 1.31. The number of hydrogen-bond acceptors (Lipinski definition) is 1. The SMILES string of the molecule is CCC(=S)Nc1ccc(C)cc1. The maximum absolute atomic E-state index is 5.06. The fourth-order valence-electron chi connectivity index (χ4n) is 0.886. The molecule has 1 aromatic carbocycles. The molecule has 0 atom stereocenters. The van der Waals surface area contributed by atoms with Crippen molar-refractivity contribution >= 4 is 22.9 Å². The van der Waals surface area contributed by atoms with Crippen LogP contribution in [0.4, 0.5) is 5.69 Å². The number of thiocarbonyl (C=S) groups is 1. The number of rotatable bonds is 2. The minimum atomic E-state index is 0.888. The van der Waals surface area contributed by atoms with Gasteiger partial charge >= 0.3 is 0 Å². The zero-order valence-electron chi connectivity index (χ0n) is 7.42. The first-order chi connectivity index (χ1) is 5.72. The Hall–Kier alpha value is -0.890. The van der Waals surface area contributed by atoms with Crippen molar-refractivity contribution in [1.82, 2.24) is 0 Å². The maximum Gasteiger partial charge on any atom is 0.0794 e. The van der Waals surface area contributed by atoms with Crippen LogP contribution in [0.5, 0.6) is 0 Å². The molecule has 1 N–H and O–H groups in total. The van der Waals surface area contributed by atoms with Crippen LogP contribution in [0.3, 0.4) is 0 Å².